The Morgan fingerprint density at radius 2 is 2.00 bits per heavy atom. The molecular weight excluding hydrogens is 469 g/mol. The molecule has 0 saturated carbocycles. The quantitative estimate of drug-likeness (QED) is 0.314. The second kappa shape index (κ2) is 13.1. The lowest BCUT2D eigenvalue weighted by molar-refractivity contribution is 0.249. The molecule has 0 amide bonds. The molecule has 5 nitrogen and oxygen atoms in total. The average molecular weight is 501 g/mol. The van der Waals surface area contributed by atoms with Gasteiger partial charge in [-0.1, -0.05) is 37.3 Å². The van der Waals surface area contributed by atoms with E-state index in [-0.39, 0.29) is 24.0 Å². The third kappa shape index (κ3) is 8.57. The molecule has 0 spiro atoms. The number of hydrogen-bond donors (Lipinski definition) is 2. The Morgan fingerprint density at radius 1 is 1.26 bits per heavy atom. The molecule has 1 aromatic carbocycles. The predicted octanol–water partition coefficient (Wildman–Crippen LogP) is 3.55. The van der Waals surface area contributed by atoms with E-state index in [1.165, 1.54) is 15.4 Å². The molecule has 0 aliphatic rings. The highest BCUT2D eigenvalue weighted by atomic mass is 127. The molecule has 0 radical (unpaired) electrons. The van der Waals surface area contributed by atoms with Gasteiger partial charge in [0.05, 0.1) is 5.01 Å². The van der Waals surface area contributed by atoms with E-state index in [2.05, 4.69) is 76.7 Å². The number of thiazole rings is 1. The second-order valence-electron chi connectivity index (χ2n) is 6.45. The minimum absolute atomic E-state index is 0. The van der Waals surface area contributed by atoms with Crippen LogP contribution in [0.15, 0.2) is 41.5 Å². The fraction of sp³-hybridized carbons (Fsp3) is 0.500. The van der Waals surface area contributed by atoms with E-state index in [0.29, 0.717) is 6.04 Å². The Kier molecular flexibility index (Phi) is 11.5. The van der Waals surface area contributed by atoms with Crippen molar-refractivity contribution >= 4 is 41.3 Å². The van der Waals surface area contributed by atoms with Crippen LogP contribution in [-0.2, 0) is 19.4 Å². The summed E-state index contributed by atoms with van der Waals surface area (Å²) in [4.78, 5) is 12.5. The van der Waals surface area contributed by atoms with Crippen LogP contribution in [0.4, 0.5) is 0 Å². The van der Waals surface area contributed by atoms with Crippen LogP contribution in [0.25, 0.3) is 0 Å². The van der Waals surface area contributed by atoms with Crippen LogP contribution in [0.2, 0.25) is 0 Å². The number of likely N-dealkylation sites (N-methyl/N-ethyl adjacent to an activating group) is 1. The van der Waals surface area contributed by atoms with Crippen molar-refractivity contribution in [3.05, 3.63) is 52.0 Å². The van der Waals surface area contributed by atoms with E-state index in [1.807, 2.05) is 13.2 Å². The zero-order valence-corrected chi connectivity index (χ0v) is 19.9. The zero-order chi connectivity index (χ0) is 18.8. The molecule has 0 fully saturated rings. The third-order valence-electron chi connectivity index (χ3n) is 4.40. The van der Waals surface area contributed by atoms with Crippen LogP contribution >= 0.6 is 35.3 Å². The van der Waals surface area contributed by atoms with Crippen molar-refractivity contribution in [1.82, 2.24) is 20.5 Å². The summed E-state index contributed by atoms with van der Waals surface area (Å²) in [5.41, 5.74) is 1.33. The first-order valence-electron chi connectivity index (χ1n) is 9.24. The van der Waals surface area contributed by atoms with Gasteiger partial charge < -0.3 is 10.6 Å². The average Bonchev–Trinajstić information content (AvgIpc) is 3.13. The minimum Gasteiger partial charge on any atom is -0.356 e. The van der Waals surface area contributed by atoms with E-state index in [9.17, 15) is 0 Å². The normalized spacial score (nSPS) is 12.6. The van der Waals surface area contributed by atoms with Gasteiger partial charge in [0.25, 0.3) is 0 Å². The van der Waals surface area contributed by atoms with Gasteiger partial charge in [-0.05, 0) is 26.0 Å². The maximum atomic E-state index is 4.46. The number of guanidine groups is 1. The summed E-state index contributed by atoms with van der Waals surface area (Å²) in [7, 11) is 3.97. The van der Waals surface area contributed by atoms with Crippen molar-refractivity contribution in [2.45, 2.75) is 39.3 Å². The van der Waals surface area contributed by atoms with Crippen molar-refractivity contribution in [2.24, 2.45) is 4.99 Å². The molecule has 2 N–H and O–H groups in total. The van der Waals surface area contributed by atoms with Crippen molar-refractivity contribution in [3.8, 4) is 0 Å². The van der Waals surface area contributed by atoms with E-state index < -0.39 is 0 Å². The number of nitrogens with one attached hydrogen (secondary N) is 2. The highest BCUT2D eigenvalue weighted by Crippen LogP contribution is 2.13. The third-order valence-corrected chi connectivity index (χ3v) is 5.60. The van der Waals surface area contributed by atoms with Crippen LogP contribution in [0.5, 0.6) is 0 Å². The van der Waals surface area contributed by atoms with E-state index in [1.54, 1.807) is 11.3 Å². The Morgan fingerprint density at radius 3 is 2.63 bits per heavy atom. The molecule has 1 atom stereocenters. The minimum atomic E-state index is 0. The van der Waals surface area contributed by atoms with Crippen molar-refractivity contribution in [1.29, 1.82) is 0 Å². The molecule has 1 unspecified atom stereocenters. The number of aliphatic imine (C=N–C) groups is 1. The fourth-order valence-electron chi connectivity index (χ4n) is 2.56. The van der Waals surface area contributed by atoms with Gasteiger partial charge in [-0.3, -0.25) is 9.89 Å². The number of benzene rings is 1. The van der Waals surface area contributed by atoms with Gasteiger partial charge in [-0.25, -0.2) is 4.98 Å². The molecule has 2 aromatic rings. The monoisotopic (exact) mass is 501 g/mol. The van der Waals surface area contributed by atoms with Crippen LogP contribution in [0.3, 0.4) is 0 Å². The molecule has 27 heavy (non-hydrogen) atoms. The topological polar surface area (TPSA) is 52.6 Å². The van der Waals surface area contributed by atoms with E-state index >= 15 is 0 Å². The van der Waals surface area contributed by atoms with Gasteiger partial charge in [0.15, 0.2) is 5.96 Å². The molecule has 0 aliphatic heterocycles. The Labute approximate surface area is 184 Å². The smallest absolute Gasteiger partial charge is 0.191 e. The molecule has 2 rings (SSSR count). The maximum absolute atomic E-state index is 4.46. The number of hydrogen-bond acceptors (Lipinski definition) is 4. The molecule has 0 saturated heterocycles. The first-order valence-corrected chi connectivity index (χ1v) is 10.1. The van der Waals surface area contributed by atoms with Crippen LogP contribution in [0, 0.1) is 0 Å². The van der Waals surface area contributed by atoms with Gasteiger partial charge in [-0.2, -0.15) is 0 Å². The zero-order valence-electron chi connectivity index (χ0n) is 16.7. The summed E-state index contributed by atoms with van der Waals surface area (Å²) in [6, 6.07) is 11.0. The van der Waals surface area contributed by atoms with Crippen molar-refractivity contribution in [3.63, 3.8) is 0 Å². The summed E-state index contributed by atoms with van der Waals surface area (Å²) >= 11 is 1.80. The molecule has 0 aliphatic carbocycles. The lowest BCUT2D eigenvalue weighted by Gasteiger charge is -2.25. The highest BCUT2D eigenvalue weighted by molar-refractivity contribution is 14.0. The summed E-state index contributed by atoms with van der Waals surface area (Å²) in [6.07, 6.45) is 3.97. The molecule has 0 bridgehead atoms. The van der Waals surface area contributed by atoms with Gasteiger partial charge in [-0.15, -0.1) is 35.3 Å². The summed E-state index contributed by atoms with van der Waals surface area (Å²) < 4.78 is 0. The van der Waals surface area contributed by atoms with Gasteiger partial charge in [0, 0.05) is 50.2 Å². The molecule has 1 aromatic heterocycles. The van der Waals surface area contributed by atoms with E-state index in [4.69, 9.17) is 0 Å². The van der Waals surface area contributed by atoms with Crippen molar-refractivity contribution < 1.29 is 0 Å². The number of halogens is 1. The summed E-state index contributed by atoms with van der Waals surface area (Å²) in [6.45, 7) is 7.02. The number of aryl methyl sites for hydroxylation is 1. The lowest BCUT2D eigenvalue weighted by Crippen LogP contribution is -2.45. The largest absolute Gasteiger partial charge is 0.356 e. The Hall–Kier alpha value is -1.19. The van der Waals surface area contributed by atoms with Crippen LogP contribution in [0.1, 0.15) is 29.3 Å². The molecule has 1 heterocycles. The van der Waals surface area contributed by atoms with Crippen LogP contribution < -0.4 is 10.6 Å². The summed E-state index contributed by atoms with van der Waals surface area (Å²) in [5.74, 6) is 0.845. The highest BCUT2D eigenvalue weighted by Gasteiger charge is 2.10. The standard InChI is InChI=1S/C20H31N5S.HI/c1-5-18-14-23-19(26-18)11-12-22-20(21-3)24-13-16(2)25(4)15-17-9-7-6-8-10-17;/h6-10,14,16H,5,11-13,15H2,1-4H3,(H2,21,22,24);1H. The second-order valence-corrected chi connectivity index (χ2v) is 7.65. The number of aromatic nitrogens is 1. The van der Waals surface area contributed by atoms with E-state index in [0.717, 1.165) is 38.4 Å². The van der Waals surface area contributed by atoms with Crippen molar-refractivity contribution in [2.75, 3.05) is 27.2 Å². The Bertz CT molecular complexity index is 674. The summed E-state index contributed by atoms with van der Waals surface area (Å²) in [5, 5.41) is 7.98. The van der Waals surface area contributed by atoms with Gasteiger partial charge >= 0.3 is 0 Å². The van der Waals surface area contributed by atoms with Gasteiger partial charge in [0.2, 0.25) is 0 Å². The predicted molar refractivity (Wildman–Crippen MR) is 127 cm³/mol. The first-order chi connectivity index (χ1) is 12.6. The lowest BCUT2D eigenvalue weighted by atomic mass is 10.2. The number of rotatable bonds is 9. The molecule has 150 valence electrons. The fourth-order valence-corrected chi connectivity index (χ4v) is 3.42. The first kappa shape index (κ1) is 23.8. The van der Waals surface area contributed by atoms with Gasteiger partial charge in [0.1, 0.15) is 0 Å². The van der Waals surface area contributed by atoms with Crippen LogP contribution in [-0.4, -0.2) is 49.1 Å². The maximum Gasteiger partial charge on any atom is 0.191 e. The molecular formula is C20H32IN5S. The Balaban J connectivity index is 0.00000364. The SMILES string of the molecule is CCc1cnc(CCNC(=NC)NCC(C)N(C)Cc2ccccc2)s1.I. The number of nitrogens with zero attached hydrogens (tertiary/aromatic N) is 3. The molecule has 7 heteroatoms.